The summed E-state index contributed by atoms with van der Waals surface area (Å²) in [6.45, 7) is 3.55. The first-order valence-electron chi connectivity index (χ1n) is 4.61. The van der Waals surface area contributed by atoms with Crippen molar-refractivity contribution in [2.45, 2.75) is 10.6 Å². The predicted molar refractivity (Wildman–Crippen MR) is 65.4 cm³/mol. The van der Waals surface area contributed by atoms with Crippen LogP contribution >= 0.6 is 23.4 Å². The summed E-state index contributed by atoms with van der Waals surface area (Å²) in [6.07, 6.45) is 1.53. The van der Waals surface area contributed by atoms with Gasteiger partial charge in [0, 0.05) is 9.92 Å². The van der Waals surface area contributed by atoms with Crippen LogP contribution in [0.2, 0.25) is 5.02 Å². The molecule has 0 aliphatic rings. The van der Waals surface area contributed by atoms with Gasteiger partial charge in [0.1, 0.15) is 0 Å². The number of thioether (sulfide) groups is 1. The summed E-state index contributed by atoms with van der Waals surface area (Å²) in [7, 11) is 0. The van der Waals surface area contributed by atoms with E-state index >= 15 is 0 Å². The third-order valence-corrected chi connectivity index (χ3v) is 3.05. The maximum absolute atomic E-state index is 5.88. The van der Waals surface area contributed by atoms with E-state index in [1.807, 2.05) is 24.3 Å². The van der Waals surface area contributed by atoms with Gasteiger partial charge in [-0.25, -0.2) is 0 Å². The van der Waals surface area contributed by atoms with Crippen LogP contribution in [0, 0.1) is 0 Å². The molecule has 0 saturated carbocycles. The SMILES string of the molecule is C=Cc1nc(CSc2cccc(Cl)c2)no1. The van der Waals surface area contributed by atoms with Gasteiger partial charge in [0.15, 0.2) is 5.82 Å². The third kappa shape index (κ3) is 2.87. The summed E-state index contributed by atoms with van der Waals surface area (Å²) in [5.41, 5.74) is 0. The van der Waals surface area contributed by atoms with Crippen LogP contribution in [0.4, 0.5) is 0 Å². The molecule has 2 rings (SSSR count). The van der Waals surface area contributed by atoms with Crippen LogP contribution in [0.25, 0.3) is 6.08 Å². The largest absolute Gasteiger partial charge is 0.335 e. The van der Waals surface area contributed by atoms with Crippen molar-refractivity contribution in [3.05, 3.63) is 47.6 Å². The van der Waals surface area contributed by atoms with E-state index in [9.17, 15) is 0 Å². The van der Waals surface area contributed by atoms with Crippen molar-refractivity contribution in [3.8, 4) is 0 Å². The van der Waals surface area contributed by atoms with Crippen LogP contribution < -0.4 is 0 Å². The van der Waals surface area contributed by atoms with Crippen LogP contribution in [-0.4, -0.2) is 10.1 Å². The molecule has 0 atom stereocenters. The summed E-state index contributed by atoms with van der Waals surface area (Å²) in [4.78, 5) is 5.20. The van der Waals surface area contributed by atoms with E-state index in [4.69, 9.17) is 16.1 Å². The Morgan fingerprint density at radius 1 is 1.50 bits per heavy atom. The molecular weight excluding hydrogens is 244 g/mol. The fourth-order valence-corrected chi connectivity index (χ4v) is 2.17. The summed E-state index contributed by atoms with van der Waals surface area (Å²) >= 11 is 7.48. The number of hydrogen-bond donors (Lipinski definition) is 0. The van der Waals surface area contributed by atoms with Crippen molar-refractivity contribution in [3.63, 3.8) is 0 Å². The Hall–Kier alpha value is -1.26. The lowest BCUT2D eigenvalue weighted by atomic mass is 10.4. The molecule has 82 valence electrons. The van der Waals surface area contributed by atoms with Gasteiger partial charge in [0.2, 0.25) is 5.89 Å². The van der Waals surface area contributed by atoms with E-state index in [1.165, 1.54) is 6.08 Å². The molecule has 16 heavy (non-hydrogen) atoms. The Bertz CT molecular complexity index is 498. The lowest BCUT2D eigenvalue weighted by molar-refractivity contribution is 0.405. The lowest BCUT2D eigenvalue weighted by Crippen LogP contribution is -1.83. The normalized spacial score (nSPS) is 10.3. The molecule has 0 N–H and O–H groups in total. The minimum Gasteiger partial charge on any atom is -0.335 e. The van der Waals surface area contributed by atoms with Gasteiger partial charge in [0.25, 0.3) is 0 Å². The van der Waals surface area contributed by atoms with Crippen molar-refractivity contribution in [1.82, 2.24) is 10.1 Å². The quantitative estimate of drug-likeness (QED) is 0.779. The Balaban J connectivity index is 1.99. The molecule has 0 saturated heterocycles. The van der Waals surface area contributed by atoms with E-state index in [0.717, 1.165) is 9.92 Å². The van der Waals surface area contributed by atoms with Crippen LogP contribution in [0.5, 0.6) is 0 Å². The zero-order valence-corrected chi connectivity index (χ0v) is 9.96. The highest BCUT2D eigenvalue weighted by Gasteiger charge is 2.04. The number of nitrogens with zero attached hydrogens (tertiary/aromatic N) is 2. The van der Waals surface area contributed by atoms with Gasteiger partial charge in [-0.1, -0.05) is 29.4 Å². The maximum Gasteiger partial charge on any atom is 0.250 e. The Labute approximate surface area is 103 Å². The molecule has 0 fully saturated rings. The van der Waals surface area contributed by atoms with Gasteiger partial charge in [-0.05, 0) is 24.3 Å². The van der Waals surface area contributed by atoms with Gasteiger partial charge in [-0.15, -0.1) is 11.8 Å². The maximum atomic E-state index is 5.88. The highest BCUT2D eigenvalue weighted by Crippen LogP contribution is 2.24. The Morgan fingerprint density at radius 2 is 2.38 bits per heavy atom. The molecule has 0 aliphatic heterocycles. The molecule has 1 heterocycles. The molecule has 2 aromatic rings. The second-order valence-electron chi connectivity index (χ2n) is 3.00. The number of benzene rings is 1. The second kappa shape index (κ2) is 5.18. The van der Waals surface area contributed by atoms with E-state index < -0.39 is 0 Å². The van der Waals surface area contributed by atoms with Crippen molar-refractivity contribution < 1.29 is 4.52 Å². The van der Waals surface area contributed by atoms with Gasteiger partial charge in [0.05, 0.1) is 5.75 Å². The third-order valence-electron chi connectivity index (χ3n) is 1.82. The van der Waals surface area contributed by atoms with Crippen molar-refractivity contribution in [2.75, 3.05) is 0 Å². The number of halogens is 1. The Morgan fingerprint density at radius 3 is 3.06 bits per heavy atom. The average molecular weight is 253 g/mol. The summed E-state index contributed by atoms with van der Waals surface area (Å²) < 4.78 is 4.91. The van der Waals surface area contributed by atoms with Crippen LogP contribution in [-0.2, 0) is 5.75 Å². The minimum absolute atomic E-state index is 0.446. The van der Waals surface area contributed by atoms with Gasteiger partial charge in [-0.2, -0.15) is 4.98 Å². The summed E-state index contributed by atoms with van der Waals surface area (Å²) in [6, 6.07) is 7.65. The van der Waals surface area contributed by atoms with Gasteiger partial charge in [-0.3, -0.25) is 0 Å². The fraction of sp³-hybridized carbons (Fsp3) is 0.0909. The highest BCUT2D eigenvalue weighted by molar-refractivity contribution is 7.98. The first-order valence-corrected chi connectivity index (χ1v) is 5.97. The number of hydrogen-bond acceptors (Lipinski definition) is 4. The van der Waals surface area contributed by atoms with E-state index in [2.05, 4.69) is 16.7 Å². The van der Waals surface area contributed by atoms with E-state index in [-0.39, 0.29) is 0 Å². The van der Waals surface area contributed by atoms with Crippen LogP contribution in [0.1, 0.15) is 11.7 Å². The van der Waals surface area contributed by atoms with Crippen molar-refractivity contribution in [1.29, 1.82) is 0 Å². The summed E-state index contributed by atoms with van der Waals surface area (Å²) in [5.74, 6) is 1.75. The first kappa shape index (κ1) is 11.2. The number of rotatable bonds is 4. The second-order valence-corrected chi connectivity index (χ2v) is 4.48. The Kier molecular flexibility index (Phi) is 3.64. The number of aromatic nitrogens is 2. The molecule has 0 radical (unpaired) electrons. The summed E-state index contributed by atoms with van der Waals surface area (Å²) in [5, 5.41) is 4.54. The van der Waals surface area contributed by atoms with E-state index in [1.54, 1.807) is 11.8 Å². The van der Waals surface area contributed by atoms with Crippen molar-refractivity contribution >= 4 is 29.4 Å². The molecule has 0 amide bonds. The van der Waals surface area contributed by atoms with Crippen molar-refractivity contribution in [2.24, 2.45) is 0 Å². The molecule has 0 unspecified atom stereocenters. The molecule has 1 aromatic carbocycles. The topological polar surface area (TPSA) is 38.9 Å². The first-order chi connectivity index (χ1) is 7.78. The molecule has 0 spiro atoms. The molecule has 0 bridgehead atoms. The smallest absolute Gasteiger partial charge is 0.250 e. The molecule has 1 aromatic heterocycles. The van der Waals surface area contributed by atoms with Crippen LogP contribution in [0.3, 0.4) is 0 Å². The monoisotopic (exact) mass is 252 g/mol. The highest BCUT2D eigenvalue weighted by atomic mass is 35.5. The molecule has 0 aliphatic carbocycles. The standard InChI is InChI=1S/C11H9ClN2OS/c1-2-11-13-10(14-15-11)7-16-9-5-3-4-8(12)6-9/h2-6H,1,7H2. The fourth-order valence-electron chi connectivity index (χ4n) is 1.11. The molecular formula is C11H9ClN2OS. The van der Waals surface area contributed by atoms with Gasteiger partial charge < -0.3 is 4.52 Å². The molecule has 3 nitrogen and oxygen atoms in total. The predicted octanol–water partition coefficient (Wildman–Crippen LogP) is 3.66. The van der Waals surface area contributed by atoms with E-state index in [0.29, 0.717) is 17.5 Å². The lowest BCUT2D eigenvalue weighted by Gasteiger charge is -1.98. The molecule has 5 heteroatoms. The van der Waals surface area contributed by atoms with Gasteiger partial charge >= 0.3 is 0 Å². The zero-order chi connectivity index (χ0) is 11.4. The zero-order valence-electron chi connectivity index (χ0n) is 8.39. The minimum atomic E-state index is 0.446. The van der Waals surface area contributed by atoms with Crippen LogP contribution in [0.15, 0.2) is 40.3 Å². The average Bonchev–Trinajstić information content (AvgIpc) is 2.74.